The summed E-state index contributed by atoms with van der Waals surface area (Å²) in [5, 5.41) is 17.7. The first kappa shape index (κ1) is 16.8. The van der Waals surface area contributed by atoms with Gasteiger partial charge in [-0.15, -0.1) is 5.10 Å². The Labute approximate surface area is 151 Å². The van der Waals surface area contributed by atoms with Crippen molar-refractivity contribution in [2.75, 3.05) is 0 Å². The van der Waals surface area contributed by atoms with E-state index < -0.39 is 12.0 Å². The Morgan fingerprint density at radius 2 is 1.92 bits per heavy atom. The van der Waals surface area contributed by atoms with Crippen molar-refractivity contribution in [1.29, 1.82) is 0 Å². The van der Waals surface area contributed by atoms with Crippen molar-refractivity contribution in [1.82, 2.24) is 19.9 Å². The molecule has 4 rings (SSSR count). The molecule has 1 N–H and O–H groups in total. The Bertz CT molecular complexity index is 804. The predicted octanol–water partition coefficient (Wildman–Crippen LogP) is 2.18. The standard InChI is InChI=1S/C19H22N4O3/c24-18(15-12-22(21-20-15)11-13-6-2-1-3-7-13)23-16-9-5-4-8-14(16)10-17(23)19(25)26/h1-3,6-7,12,14,16-17H,4-5,8-11H2,(H,25,26). The van der Waals surface area contributed by atoms with Crippen molar-refractivity contribution in [3.05, 3.63) is 47.8 Å². The van der Waals surface area contributed by atoms with Gasteiger partial charge in [0.15, 0.2) is 5.69 Å². The first-order valence-corrected chi connectivity index (χ1v) is 9.13. The number of aromatic nitrogens is 3. The normalized spacial score (nSPS) is 25.1. The maximum Gasteiger partial charge on any atom is 0.326 e. The van der Waals surface area contributed by atoms with E-state index in [0.717, 1.165) is 31.2 Å². The van der Waals surface area contributed by atoms with Crippen LogP contribution in [0.5, 0.6) is 0 Å². The number of aliphatic carboxylic acids is 1. The lowest BCUT2D eigenvalue weighted by atomic mass is 9.84. The summed E-state index contributed by atoms with van der Waals surface area (Å²) in [5.74, 6) is -0.955. The number of amides is 1. The summed E-state index contributed by atoms with van der Waals surface area (Å²) in [5.41, 5.74) is 1.28. The predicted molar refractivity (Wildman–Crippen MR) is 93.5 cm³/mol. The third-order valence-corrected chi connectivity index (χ3v) is 5.55. The molecule has 1 aromatic carbocycles. The Morgan fingerprint density at radius 3 is 2.69 bits per heavy atom. The molecule has 136 valence electrons. The highest BCUT2D eigenvalue weighted by Crippen LogP contribution is 2.40. The quantitative estimate of drug-likeness (QED) is 0.909. The van der Waals surface area contributed by atoms with Crippen LogP contribution < -0.4 is 0 Å². The van der Waals surface area contributed by atoms with Crippen LogP contribution in [0.3, 0.4) is 0 Å². The molecule has 0 radical (unpaired) electrons. The zero-order valence-corrected chi connectivity index (χ0v) is 14.5. The summed E-state index contributed by atoms with van der Waals surface area (Å²) in [4.78, 5) is 26.3. The van der Waals surface area contributed by atoms with Gasteiger partial charge in [-0.05, 0) is 30.7 Å². The first-order valence-electron chi connectivity index (χ1n) is 9.13. The van der Waals surface area contributed by atoms with Crippen molar-refractivity contribution in [2.45, 2.75) is 50.7 Å². The first-order chi connectivity index (χ1) is 12.6. The van der Waals surface area contributed by atoms with Gasteiger partial charge >= 0.3 is 5.97 Å². The van der Waals surface area contributed by atoms with Crippen LogP contribution in [0.25, 0.3) is 0 Å². The number of carboxylic acid groups (broad SMARTS) is 1. The average Bonchev–Trinajstić information content (AvgIpc) is 3.26. The Hall–Kier alpha value is -2.70. The minimum Gasteiger partial charge on any atom is -0.480 e. The van der Waals surface area contributed by atoms with E-state index in [1.807, 2.05) is 30.3 Å². The Balaban J connectivity index is 1.55. The van der Waals surface area contributed by atoms with Gasteiger partial charge in [-0.2, -0.15) is 0 Å². The fraction of sp³-hybridized carbons (Fsp3) is 0.474. The van der Waals surface area contributed by atoms with Crippen LogP contribution in [-0.4, -0.2) is 49.0 Å². The molecule has 1 saturated carbocycles. The van der Waals surface area contributed by atoms with Crippen molar-refractivity contribution < 1.29 is 14.7 Å². The third-order valence-electron chi connectivity index (χ3n) is 5.55. The number of rotatable bonds is 4. The molecular weight excluding hydrogens is 332 g/mol. The number of benzene rings is 1. The molecule has 1 saturated heterocycles. The second kappa shape index (κ2) is 6.90. The lowest BCUT2D eigenvalue weighted by molar-refractivity contribution is -0.141. The topological polar surface area (TPSA) is 88.3 Å². The fourth-order valence-electron chi connectivity index (χ4n) is 4.35. The average molecular weight is 354 g/mol. The molecule has 3 unspecified atom stereocenters. The highest BCUT2D eigenvalue weighted by Gasteiger charge is 2.48. The summed E-state index contributed by atoms with van der Waals surface area (Å²) >= 11 is 0. The molecule has 3 atom stereocenters. The summed E-state index contributed by atoms with van der Waals surface area (Å²) in [6, 6.07) is 9.06. The fourth-order valence-corrected chi connectivity index (χ4v) is 4.35. The van der Waals surface area contributed by atoms with Gasteiger partial charge in [-0.3, -0.25) is 4.79 Å². The SMILES string of the molecule is O=C(O)C1CC2CCCCC2N1C(=O)c1cn(Cc2ccccc2)nn1. The monoisotopic (exact) mass is 354 g/mol. The molecule has 2 heterocycles. The molecule has 7 heteroatoms. The van der Waals surface area contributed by atoms with Gasteiger partial charge in [0.2, 0.25) is 0 Å². The number of likely N-dealkylation sites (tertiary alicyclic amines) is 1. The number of hydrogen-bond acceptors (Lipinski definition) is 4. The zero-order valence-electron chi connectivity index (χ0n) is 14.5. The van der Waals surface area contributed by atoms with Crippen LogP contribution in [0.1, 0.15) is 48.2 Å². The van der Waals surface area contributed by atoms with E-state index >= 15 is 0 Å². The Kier molecular flexibility index (Phi) is 4.44. The molecule has 7 nitrogen and oxygen atoms in total. The summed E-state index contributed by atoms with van der Waals surface area (Å²) in [6.07, 6.45) is 6.19. The Morgan fingerprint density at radius 1 is 1.15 bits per heavy atom. The van der Waals surface area contributed by atoms with E-state index in [2.05, 4.69) is 10.3 Å². The van der Waals surface area contributed by atoms with Gasteiger partial charge < -0.3 is 10.0 Å². The van der Waals surface area contributed by atoms with Gasteiger partial charge in [-0.25, -0.2) is 9.48 Å². The van der Waals surface area contributed by atoms with Crippen LogP contribution in [-0.2, 0) is 11.3 Å². The van der Waals surface area contributed by atoms with Gasteiger partial charge in [0.05, 0.1) is 12.7 Å². The second-order valence-corrected chi connectivity index (χ2v) is 7.20. The smallest absolute Gasteiger partial charge is 0.326 e. The lowest BCUT2D eigenvalue weighted by Gasteiger charge is -2.32. The second-order valence-electron chi connectivity index (χ2n) is 7.20. The molecule has 2 aromatic rings. The maximum absolute atomic E-state index is 13.0. The number of carbonyl (C=O) groups is 2. The molecule has 1 amide bonds. The van der Waals surface area contributed by atoms with Gasteiger partial charge in [0, 0.05) is 6.04 Å². The molecule has 1 aliphatic carbocycles. The van der Waals surface area contributed by atoms with Crippen molar-refractivity contribution in [3.63, 3.8) is 0 Å². The number of fused-ring (bicyclic) bond motifs is 1. The van der Waals surface area contributed by atoms with Crippen LogP contribution in [0.4, 0.5) is 0 Å². The molecular formula is C19H22N4O3. The molecule has 26 heavy (non-hydrogen) atoms. The number of nitrogens with zero attached hydrogens (tertiary/aromatic N) is 4. The van der Waals surface area contributed by atoms with Crippen LogP contribution in [0.2, 0.25) is 0 Å². The zero-order chi connectivity index (χ0) is 18.1. The summed E-state index contributed by atoms with van der Waals surface area (Å²) < 4.78 is 1.62. The summed E-state index contributed by atoms with van der Waals surface area (Å²) in [7, 11) is 0. The van der Waals surface area contributed by atoms with Gasteiger partial charge in [-0.1, -0.05) is 48.4 Å². The highest BCUT2D eigenvalue weighted by molar-refractivity contribution is 5.95. The van der Waals surface area contributed by atoms with E-state index in [9.17, 15) is 14.7 Å². The van der Waals surface area contributed by atoms with Crippen molar-refractivity contribution >= 4 is 11.9 Å². The third kappa shape index (κ3) is 3.09. The number of hydrogen-bond donors (Lipinski definition) is 1. The minimum atomic E-state index is -0.926. The van der Waals surface area contributed by atoms with E-state index in [1.54, 1.807) is 15.8 Å². The van der Waals surface area contributed by atoms with E-state index in [0.29, 0.717) is 13.0 Å². The minimum absolute atomic E-state index is 0.0108. The van der Waals surface area contributed by atoms with Gasteiger partial charge in [0.1, 0.15) is 6.04 Å². The van der Waals surface area contributed by atoms with Crippen molar-refractivity contribution in [2.24, 2.45) is 5.92 Å². The summed E-state index contributed by atoms with van der Waals surface area (Å²) in [6.45, 7) is 0.523. The van der Waals surface area contributed by atoms with Crippen LogP contribution >= 0.6 is 0 Å². The molecule has 1 aromatic heterocycles. The molecule has 2 aliphatic rings. The van der Waals surface area contributed by atoms with Crippen molar-refractivity contribution in [3.8, 4) is 0 Å². The van der Waals surface area contributed by atoms with Crippen LogP contribution in [0, 0.1) is 5.92 Å². The number of carboxylic acids is 1. The lowest BCUT2D eigenvalue weighted by Crippen LogP contribution is -2.46. The largest absolute Gasteiger partial charge is 0.480 e. The molecule has 1 aliphatic heterocycles. The molecule has 0 bridgehead atoms. The van der Waals surface area contributed by atoms with Crippen LogP contribution in [0.15, 0.2) is 36.5 Å². The highest BCUT2D eigenvalue weighted by atomic mass is 16.4. The van der Waals surface area contributed by atoms with E-state index in [1.165, 1.54) is 0 Å². The van der Waals surface area contributed by atoms with Gasteiger partial charge in [0.25, 0.3) is 5.91 Å². The molecule has 0 spiro atoms. The molecule has 2 fully saturated rings. The van der Waals surface area contributed by atoms with E-state index in [-0.39, 0.29) is 23.6 Å². The van der Waals surface area contributed by atoms with E-state index in [4.69, 9.17) is 0 Å². The maximum atomic E-state index is 13.0. The number of carbonyl (C=O) groups excluding carboxylic acids is 1.